The maximum absolute atomic E-state index is 6.78. The van der Waals surface area contributed by atoms with E-state index in [1.807, 2.05) is 17.4 Å². The van der Waals surface area contributed by atoms with E-state index in [1.54, 1.807) is 0 Å². The largest absolute Gasteiger partial charge is 0.455 e. The van der Waals surface area contributed by atoms with Gasteiger partial charge in [-0.15, -0.1) is 11.3 Å². The Morgan fingerprint density at radius 1 is 0.526 bits per heavy atom. The predicted octanol–water partition coefficient (Wildman–Crippen LogP) is 13.1. The highest BCUT2D eigenvalue weighted by molar-refractivity contribution is 7.26. The zero-order chi connectivity index (χ0) is 37.5. The van der Waals surface area contributed by atoms with Gasteiger partial charge in [0.25, 0.3) is 0 Å². The molecule has 5 nitrogen and oxygen atoms in total. The molecule has 0 saturated heterocycles. The molecule has 3 aromatic heterocycles. The normalized spacial score (nSPS) is 15.9. The number of hydrogen-bond acceptors (Lipinski definition) is 5. The summed E-state index contributed by atoms with van der Waals surface area (Å²) in [6.07, 6.45) is -0.268. The molecule has 8 aromatic carbocycles. The molecule has 0 saturated carbocycles. The molecular weight excluding hydrogens is 717 g/mol. The number of nitrogens with zero attached hydrogens (tertiary/aromatic N) is 2. The van der Waals surface area contributed by atoms with Crippen LogP contribution in [0, 0.1) is 0 Å². The summed E-state index contributed by atoms with van der Waals surface area (Å²) in [6.45, 7) is 0. The number of aliphatic imine (C=N–C) groups is 1. The molecule has 0 aliphatic carbocycles. The topological polar surface area (TPSA) is 54.5 Å². The van der Waals surface area contributed by atoms with Crippen LogP contribution in [0.5, 0.6) is 0 Å². The van der Waals surface area contributed by atoms with E-state index in [-0.39, 0.29) is 12.3 Å². The van der Waals surface area contributed by atoms with Crippen molar-refractivity contribution in [3.63, 3.8) is 0 Å². The average molecular weight is 751 g/mol. The van der Waals surface area contributed by atoms with Gasteiger partial charge in [0, 0.05) is 58.5 Å². The van der Waals surface area contributed by atoms with E-state index in [1.165, 1.54) is 53.1 Å². The van der Waals surface area contributed by atoms with Gasteiger partial charge in [-0.1, -0.05) is 140 Å². The van der Waals surface area contributed by atoms with E-state index in [9.17, 15) is 0 Å². The molecular formula is C51H34N4OS. The molecule has 11 aromatic rings. The Balaban J connectivity index is 0.975. The third-order valence-corrected chi connectivity index (χ3v) is 12.6. The summed E-state index contributed by atoms with van der Waals surface area (Å²) in [5.41, 5.74) is 10.9. The van der Waals surface area contributed by atoms with Crippen LogP contribution in [-0.4, -0.2) is 10.4 Å². The second-order valence-corrected chi connectivity index (χ2v) is 15.9. The van der Waals surface area contributed by atoms with Gasteiger partial charge in [-0.05, 0) is 59.2 Å². The number of rotatable bonds is 5. The number of hydrogen-bond donors (Lipinski definition) is 2. The van der Waals surface area contributed by atoms with Crippen molar-refractivity contribution in [3.05, 3.63) is 199 Å². The van der Waals surface area contributed by atoms with Crippen LogP contribution in [-0.2, 0) is 0 Å². The molecule has 2 atom stereocenters. The lowest BCUT2D eigenvalue weighted by atomic mass is 9.97. The Kier molecular flexibility index (Phi) is 7.24. The Morgan fingerprint density at radius 3 is 2.00 bits per heavy atom. The molecule has 0 spiro atoms. The average Bonchev–Trinajstić information content (AvgIpc) is 3.96. The fourth-order valence-corrected chi connectivity index (χ4v) is 10.0. The van der Waals surface area contributed by atoms with Crippen molar-refractivity contribution < 1.29 is 4.42 Å². The van der Waals surface area contributed by atoms with Crippen molar-refractivity contribution in [2.45, 2.75) is 12.3 Å². The molecule has 0 amide bonds. The lowest BCUT2D eigenvalue weighted by molar-refractivity contribution is 0.409. The standard InChI is InChI=1S/C51H34N4OS/c1-3-13-31(14-4-1)49-52-50(32-15-5-2-6-16-32)54-51(53-49)33-25-27-40-46(29-33)57-45-24-12-19-37(47(40)45)38-20-11-21-39-41-30-34(26-28-44(41)56-48(38)39)55-42-22-9-7-17-35(42)36-18-8-10-23-43(36)55/h1-30,49-50,52H,(H,53,54). The van der Waals surface area contributed by atoms with E-state index in [0.717, 1.165) is 50.2 Å². The van der Waals surface area contributed by atoms with Gasteiger partial charge in [0.2, 0.25) is 0 Å². The van der Waals surface area contributed by atoms with Gasteiger partial charge in [0.1, 0.15) is 29.3 Å². The zero-order valence-electron chi connectivity index (χ0n) is 30.7. The minimum Gasteiger partial charge on any atom is -0.455 e. The molecule has 270 valence electrons. The summed E-state index contributed by atoms with van der Waals surface area (Å²) in [5, 5.41) is 14.6. The number of amidine groups is 1. The van der Waals surface area contributed by atoms with Crippen LogP contribution in [0.25, 0.3) is 80.7 Å². The van der Waals surface area contributed by atoms with Crippen LogP contribution in [0.3, 0.4) is 0 Å². The molecule has 12 rings (SSSR count). The van der Waals surface area contributed by atoms with Gasteiger partial charge in [0.15, 0.2) is 0 Å². The summed E-state index contributed by atoms with van der Waals surface area (Å²) >= 11 is 1.82. The van der Waals surface area contributed by atoms with Gasteiger partial charge in [0.05, 0.1) is 11.0 Å². The quantitative estimate of drug-likeness (QED) is 0.184. The molecule has 6 heteroatoms. The van der Waals surface area contributed by atoms with E-state index in [2.05, 4.69) is 191 Å². The summed E-state index contributed by atoms with van der Waals surface area (Å²) < 4.78 is 11.6. The predicted molar refractivity (Wildman–Crippen MR) is 238 cm³/mol. The first-order chi connectivity index (χ1) is 28.2. The van der Waals surface area contributed by atoms with Crippen molar-refractivity contribution >= 4 is 81.1 Å². The smallest absolute Gasteiger partial charge is 0.143 e. The zero-order valence-corrected chi connectivity index (χ0v) is 31.5. The van der Waals surface area contributed by atoms with Crippen molar-refractivity contribution in [2.75, 3.05) is 0 Å². The maximum Gasteiger partial charge on any atom is 0.143 e. The second-order valence-electron chi connectivity index (χ2n) is 14.8. The van der Waals surface area contributed by atoms with Gasteiger partial charge < -0.3 is 14.3 Å². The summed E-state index contributed by atoms with van der Waals surface area (Å²) in [6, 6.07) is 64.9. The Hall–Kier alpha value is -6.99. The van der Waals surface area contributed by atoms with Crippen molar-refractivity contribution in [2.24, 2.45) is 4.99 Å². The summed E-state index contributed by atoms with van der Waals surface area (Å²) in [4.78, 5) is 5.22. The van der Waals surface area contributed by atoms with Gasteiger partial charge >= 0.3 is 0 Å². The minimum absolute atomic E-state index is 0.0871. The number of benzene rings is 8. The lowest BCUT2D eigenvalue weighted by Gasteiger charge is -2.32. The van der Waals surface area contributed by atoms with Crippen LogP contribution < -0.4 is 10.6 Å². The van der Waals surface area contributed by atoms with Gasteiger partial charge in [-0.25, -0.2) is 4.99 Å². The van der Waals surface area contributed by atoms with Gasteiger partial charge in [-0.2, -0.15) is 0 Å². The highest BCUT2D eigenvalue weighted by Crippen LogP contribution is 2.44. The SMILES string of the molecule is c1ccc(C2N=C(c3ccc4c(c3)sc3cccc(-c5cccc6c5oc5ccc(-n7c8ccccc8c8ccccc87)cc56)c34)NC(c3ccccc3)N2)cc1. The molecule has 0 radical (unpaired) electrons. The lowest BCUT2D eigenvalue weighted by Crippen LogP contribution is -2.44. The van der Waals surface area contributed by atoms with Crippen LogP contribution in [0.15, 0.2) is 191 Å². The van der Waals surface area contributed by atoms with Crippen molar-refractivity contribution in [3.8, 4) is 16.8 Å². The van der Waals surface area contributed by atoms with E-state index in [0.29, 0.717) is 0 Å². The third-order valence-electron chi connectivity index (χ3n) is 11.5. The van der Waals surface area contributed by atoms with Crippen LogP contribution in [0.4, 0.5) is 0 Å². The van der Waals surface area contributed by atoms with Crippen LogP contribution >= 0.6 is 11.3 Å². The monoisotopic (exact) mass is 750 g/mol. The third kappa shape index (κ3) is 5.15. The number of fused-ring (bicyclic) bond motifs is 9. The first-order valence-corrected chi connectivity index (χ1v) is 20.2. The maximum atomic E-state index is 6.78. The van der Waals surface area contributed by atoms with Gasteiger partial charge in [-0.3, -0.25) is 5.32 Å². The number of aromatic nitrogens is 1. The first kappa shape index (κ1) is 32.3. The van der Waals surface area contributed by atoms with E-state index < -0.39 is 0 Å². The number of thiophene rings is 1. The van der Waals surface area contributed by atoms with E-state index in [4.69, 9.17) is 9.41 Å². The molecule has 2 N–H and O–H groups in total. The summed E-state index contributed by atoms with van der Waals surface area (Å²) in [7, 11) is 0. The number of para-hydroxylation sites is 3. The Bertz CT molecular complexity index is 3320. The Morgan fingerprint density at radius 2 is 1.21 bits per heavy atom. The molecule has 1 aliphatic heterocycles. The highest BCUT2D eigenvalue weighted by atomic mass is 32.1. The molecule has 0 fully saturated rings. The molecule has 0 bridgehead atoms. The molecule has 2 unspecified atom stereocenters. The van der Waals surface area contributed by atoms with Crippen LogP contribution in [0.2, 0.25) is 0 Å². The van der Waals surface area contributed by atoms with E-state index >= 15 is 0 Å². The highest BCUT2D eigenvalue weighted by Gasteiger charge is 2.26. The minimum atomic E-state index is -0.181. The summed E-state index contributed by atoms with van der Waals surface area (Å²) in [5.74, 6) is 0.878. The fourth-order valence-electron chi connectivity index (χ4n) is 8.86. The number of nitrogens with one attached hydrogen (secondary N) is 2. The van der Waals surface area contributed by atoms with Crippen molar-refractivity contribution in [1.29, 1.82) is 0 Å². The van der Waals surface area contributed by atoms with Crippen molar-refractivity contribution in [1.82, 2.24) is 15.2 Å². The molecule has 1 aliphatic rings. The first-order valence-electron chi connectivity index (χ1n) is 19.4. The van der Waals surface area contributed by atoms with Crippen LogP contribution in [0.1, 0.15) is 29.0 Å². The molecule has 57 heavy (non-hydrogen) atoms. The molecule has 4 heterocycles. The fraction of sp³-hybridized carbons (Fsp3) is 0.0392. The second kappa shape index (κ2) is 12.8. The number of furan rings is 1. The Labute approximate surface area is 332 Å².